The van der Waals surface area contributed by atoms with Crippen LogP contribution in [0.25, 0.3) is 0 Å². The number of benzene rings is 1. The first kappa shape index (κ1) is 20.1. The minimum atomic E-state index is -0.621. The van der Waals surface area contributed by atoms with Gasteiger partial charge in [0.1, 0.15) is 5.76 Å². The third kappa shape index (κ3) is 5.22. The molecule has 29 heavy (non-hydrogen) atoms. The number of hydrogen-bond acceptors (Lipinski definition) is 7. The SMILES string of the molecule is COC(=O)c1ccc(NC(=O)COC(=O)[C@@H]2CC(=O)N(Cc3ccco3)C2)cc1. The third-order valence-electron chi connectivity index (χ3n) is 4.41. The Hall–Kier alpha value is -3.62. The molecule has 9 nitrogen and oxygen atoms in total. The molecule has 2 amide bonds. The van der Waals surface area contributed by atoms with E-state index < -0.39 is 30.4 Å². The fraction of sp³-hybridized carbons (Fsp3) is 0.300. The van der Waals surface area contributed by atoms with Gasteiger partial charge < -0.3 is 24.1 Å². The second kappa shape index (κ2) is 9.05. The van der Waals surface area contributed by atoms with Crippen LogP contribution in [0, 0.1) is 5.92 Å². The smallest absolute Gasteiger partial charge is 0.337 e. The number of nitrogens with zero attached hydrogens (tertiary/aromatic N) is 1. The molecule has 0 spiro atoms. The van der Waals surface area contributed by atoms with E-state index in [0.29, 0.717) is 17.0 Å². The number of esters is 2. The minimum Gasteiger partial charge on any atom is -0.467 e. The summed E-state index contributed by atoms with van der Waals surface area (Å²) < 4.78 is 14.9. The highest BCUT2D eigenvalue weighted by Crippen LogP contribution is 2.21. The van der Waals surface area contributed by atoms with Gasteiger partial charge in [-0.2, -0.15) is 0 Å². The number of rotatable bonds is 7. The van der Waals surface area contributed by atoms with E-state index in [1.54, 1.807) is 12.1 Å². The zero-order valence-electron chi connectivity index (χ0n) is 15.8. The van der Waals surface area contributed by atoms with Crippen molar-refractivity contribution < 1.29 is 33.1 Å². The summed E-state index contributed by atoms with van der Waals surface area (Å²) in [6.07, 6.45) is 1.55. The molecule has 9 heteroatoms. The minimum absolute atomic E-state index is 0.0378. The Balaban J connectivity index is 1.44. The van der Waals surface area contributed by atoms with Gasteiger partial charge in [-0.15, -0.1) is 0 Å². The molecule has 1 fully saturated rings. The molecule has 2 heterocycles. The number of carbonyl (C=O) groups excluding carboxylic acids is 4. The first-order valence-electron chi connectivity index (χ1n) is 8.91. The lowest BCUT2D eigenvalue weighted by Crippen LogP contribution is -2.28. The molecule has 0 aliphatic carbocycles. The highest BCUT2D eigenvalue weighted by molar-refractivity contribution is 5.95. The average molecular weight is 400 g/mol. The zero-order chi connectivity index (χ0) is 20.8. The Morgan fingerprint density at radius 2 is 1.97 bits per heavy atom. The van der Waals surface area contributed by atoms with Crippen LogP contribution in [0.15, 0.2) is 47.1 Å². The number of nitrogens with one attached hydrogen (secondary N) is 1. The van der Waals surface area contributed by atoms with E-state index in [1.165, 1.54) is 42.5 Å². The van der Waals surface area contributed by atoms with Crippen LogP contribution in [0.4, 0.5) is 5.69 Å². The van der Waals surface area contributed by atoms with Gasteiger partial charge in [0.05, 0.1) is 31.4 Å². The van der Waals surface area contributed by atoms with E-state index in [9.17, 15) is 19.2 Å². The maximum absolute atomic E-state index is 12.2. The molecule has 3 rings (SSSR count). The molecule has 1 atom stereocenters. The van der Waals surface area contributed by atoms with Crippen LogP contribution >= 0.6 is 0 Å². The molecule has 2 aromatic rings. The molecule has 1 saturated heterocycles. The largest absolute Gasteiger partial charge is 0.467 e. The average Bonchev–Trinajstić information content (AvgIpc) is 3.36. The van der Waals surface area contributed by atoms with Crippen molar-refractivity contribution in [2.45, 2.75) is 13.0 Å². The normalized spacial score (nSPS) is 15.8. The molecule has 0 saturated carbocycles. The Kier molecular flexibility index (Phi) is 6.28. The van der Waals surface area contributed by atoms with Crippen LogP contribution < -0.4 is 5.32 Å². The van der Waals surface area contributed by atoms with Gasteiger partial charge >= 0.3 is 11.9 Å². The third-order valence-corrected chi connectivity index (χ3v) is 4.41. The van der Waals surface area contributed by atoms with Crippen LogP contribution in [0.1, 0.15) is 22.5 Å². The molecule has 1 aliphatic rings. The second-order valence-corrected chi connectivity index (χ2v) is 6.48. The van der Waals surface area contributed by atoms with Crippen molar-refractivity contribution in [3.8, 4) is 0 Å². The van der Waals surface area contributed by atoms with Crippen molar-refractivity contribution in [3.63, 3.8) is 0 Å². The van der Waals surface area contributed by atoms with Gasteiger partial charge in [0, 0.05) is 18.7 Å². The first-order valence-corrected chi connectivity index (χ1v) is 8.91. The monoisotopic (exact) mass is 400 g/mol. The fourth-order valence-electron chi connectivity index (χ4n) is 2.93. The van der Waals surface area contributed by atoms with Crippen LogP contribution in [0.2, 0.25) is 0 Å². The van der Waals surface area contributed by atoms with Crippen molar-refractivity contribution in [1.82, 2.24) is 4.90 Å². The highest BCUT2D eigenvalue weighted by atomic mass is 16.5. The van der Waals surface area contributed by atoms with Gasteiger partial charge in [-0.1, -0.05) is 0 Å². The number of carbonyl (C=O) groups is 4. The molecule has 0 unspecified atom stereocenters. The van der Waals surface area contributed by atoms with Crippen molar-refractivity contribution in [1.29, 1.82) is 0 Å². The molecule has 1 aromatic carbocycles. The van der Waals surface area contributed by atoms with Crippen LogP contribution in [-0.4, -0.2) is 48.9 Å². The van der Waals surface area contributed by atoms with Crippen molar-refractivity contribution >= 4 is 29.4 Å². The molecular weight excluding hydrogens is 380 g/mol. The molecule has 1 aromatic heterocycles. The van der Waals surface area contributed by atoms with Crippen LogP contribution in [0.3, 0.4) is 0 Å². The van der Waals surface area contributed by atoms with Crippen LogP contribution in [0.5, 0.6) is 0 Å². The number of anilines is 1. The number of ether oxygens (including phenoxy) is 2. The summed E-state index contributed by atoms with van der Waals surface area (Å²) in [6.45, 7) is 0.0348. The summed E-state index contributed by atoms with van der Waals surface area (Å²) in [6, 6.07) is 9.56. The van der Waals surface area contributed by atoms with Gasteiger partial charge in [-0.25, -0.2) is 4.79 Å². The zero-order valence-corrected chi connectivity index (χ0v) is 15.8. The molecule has 0 radical (unpaired) electrons. The molecule has 152 valence electrons. The van der Waals surface area contributed by atoms with Crippen molar-refractivity contribution in [2.75, 3.05) is 25.6 Å². The Morgan fingerprint density at radius 1 is 1.21 bits per heavy atom. The summed E-state index contributed by atoms with van der Waals surface area (Å²) in [5, 5.41) is 2.56. The van der Waals surface area contributed by atoms with E-state index in [2.05, 4.69) is 10.1 Å². The molecule has 1 N–H and O–H groups in total. The Morgan fingerprint density at radius 3 is 2.62 bits per heavy atom. The fourth-order valence-corrected chi connectivity index (χ4v) is 2.93. The Bertz CT molecular complexity index is 890. The van der Waals surface area contributed by atoms with E-state index in [1.807, 2.05) is 0 Å². The lowest BCUT2D eigenvalue weighted by molar-refractivity contribution is -0.151. The number of likely N-dealkylation sites (tertiary alicyclic amines) is 1. The van der Waals surface area contributed by atoms with Gasteiger partial charge in [0.2, 0.25) is 5.91 Å². The predicted molar refractivity (Wildman–Crippen MR) is 99.6 cm³/mol. The van der Waals surface area contributed by atoms with E-state index in [-0.39, 0.29) is 25.4 Å². The first-order chi connectivity index (χ1) is 14.0. The standard InChI is InChI=1S/C20H20N2O7/c1-27-19(25)13-4-6-15(7-5-13)21-17(23)12-29-20(26)14-9-18(24)22(10-14)11-16-3-2-8-28-16/h2-8,14H,9-12H2,1H3,(H,21,23)/t14-/m1/s1. The van der Waals surface area contributed by atoms with Crippen molar-refractivity contribution in [2.24, 2.45) is 5.92 Å². The number of hydrogen-bond donors (Lipinski definition) is 1. The van der Waals surface area contributed by atoms with Crippen molar-refractivity contribution in [3.05, 3.63) is 54.0 Å². The van der Waals surface area contributed by atoms with E-state index in [4.69, 9.17) is 9.15 Å². The van der Waals surface area contributed by atoms with Gasteiger partial charge in [-0.3, -0.25) is 14.4 Å². The summed E-state index contributed by atoms with van der Waals surface area (Å²) in [4.78, 5) is 49.1. The summed E-state index contributed by atoms with van der Waals surface area (Å²) in [5.41, 5.74) is 0.793. The van der Waals surface area contributed by atoms with Gasteiger partial charge in [0.25, 0.3) is 5.91 Å². The number of amides is 2. The van der Waals surface area contributed by atoms with Gasteiger partial charge in [-0.05, 0) is 36.4 Å². The lowest BCUT2D eigenvalue weighted by Gasteiger charge is -2.14. The maximum Gasteiger partial charge on any atom is 0.337 e. The summed E-state index contributed by atoms with van der Waals surface area (Å²) >= 11 is 0. The molecule has 0 bridgehead atoms. The van der Waals surface area contributed by atoms with Crippen LogP contribution in [-0.2, 0) is 30.4 Å². The summed E-state index contributed by atoms with van der Waals surface area (Å²) in [7, 11) is 1.28. The van der Waals surface area contributed by atoms with Gasteiger partial charge in [0.15, 0.2) is 6.61 Å². The molecular formula is C20H20N2O7. The van der Waals surface area contributed by atoms with E-state index >= 15 is 0 Å². The highest BCUT2D eigenvalue weighted by Gasteiger charge is 2.35. The Labute approximate surface area is 166 Å². The number of methoxy groups -OCH3 is 1. The second-order valence-electron chi connectivity index (χ2n) is 6.48. The predicted octanol–water partition coefficient (Wildman–Crippen LogP) is 1.60. The van der Waals surface area contributed by atoms with E-state index in [0.717, 1.165) is 0 Å². The topological polar surface area (TPSA) is 115 Å². The quantitative estimate of drug-likeness (QED) is 0.702. The lowest BCUT2D eigenvalue weighted by atomic mass is 10.1. The maximum atomic E-state index is 12.2. The summed E-state index contributed by atoms with van der Waals surface area (Å²) in [5.74, 6) is -1.77. The molecule has 1 aliphatic heterocycles. The number of furan rings is 1.